The topological polar surface area (TPSA) is 58.2 Å². The number of amides is 2. The molecule has 3 atom stereocenters. The Morgan fingerprint density at radius 3 is 2.48 bits per heavy atom. The van der Waals surface area contributed by atoms with Gasteiger partial charge in [0.15, 0.2) is 0 Å². The van der Waals surface area contributed by atoms with Crippen LogP contribution in [0.4, 0.5) is 0 Å². The fourth-order valence-corrected chi connectivity index (χ4v) is 2.77. The van der Waals surface area contributed by atoms with Crippen LogP contribution in [-0.4, -0.2) is 23.9 Å². The first-order valence-electron chi connectivity index (χ1n) is 7.74. The summed E-state index contributed by atoms with van der Waals surface area (Å²) in [5.74, 6) is 0.202. The molecule has 0 unspecified atom stereocenters. The van der Waals surface area contributed by atoms with Crippen molar-refractivity contribution in [3.05, 3.63) is 35.9 Å². The van der Waals surface area contributed by atoms with E-state index in [9.17, 15) is 9.59 Å². The maximum atomic E-state index is 12.2. The number of carbonyl (C=O) groups excluding carboxylic acids is 2. The van der Waals surface area contributed by atoms with Crippen LogP contribution >= 0.6 is 0 Å². The van der Waals surface area contributed by atoms with Crippen LogP contribution in [0.2, 0.25) is 0 Å². The van der Waals surface area contributed by atoms with Crippen molar-refractivity contribution in [1.29, 1.82) is 0 Å². The molecule has 1 aliphatic carbocycles. The normalized spacial score (nSPS) is 23.1. The van der Waals surface area contributed by atoms with E-state index in [1.807, 2.05) is 18.2 Å². The Kier molecular flexibility index (Phi) is 5.37. The van der Waals surface area contributed by atoms with Gasteiger partial charge >= 0.3 is 0 Å². The van der Waals surface area contributed by atoms with Crippen molar-refractivity contribution in [3.8, 4) is 0 Å². The highest BCUT2D eigenvalue weighted by Crippen LogP contribution is 2.23. The lowest BCUT2D eigenvalue weighted by atomic mass is 9.86. The minimum atomic E-state index is -0.521. The molecule has 0 bridgehead atoms. The van der Waals surface area contributed by atoms with Crippen LogP contribution in [0.1, 0.15) is 49.9 Å². The number of rotatable bonds is 4. The molecule has 2 rings (SSSR count). The first kappa shape index (κ1) is 15.5. The molecule has 21 heavy (non-hydrogen) atoms. The number of carbonyl (C=O) groups is 2. The second-order valence-electron chi connectivity index (χ2n) is 5.94. The maximum Gasteiger partial charge on any atom is 0.251 e. The molecule has 1 aromatic carbocycles. The van der Waals surface area contributed by atoms with E-state index < -0.39 is 6.04 Å². The first-order valence-corrected chi connectivity index (χ1v) is 7.74. The van der Waals surface area contributed by atoms with Crippen LogP contribution in [0.15, 0.2) is 30.3 Å². The van der Waals surface area contributed by atoms with Crippen molar-refractivity contribution in [2.45, 2.75) is 51.6 Å². The average Bonchev–Trinajstić information content (AvgIpc) is 2.50. The summed E-state index contributed by atoms with van der Waals surface area (Å²) in [6.45, 7) is 3.90. The minimum Gasteiger partial charge on any atom is -0.351 e. The molecule has 0 heterocycles. The average molecular weight is 288 g/mol. The molecule has 1 saturated carbocycles. The van der Waals surface area contributed by atoms with Crippen molar-refractivity contribution >= 4 is 11.8 Å². The summed E-state index contributed by atoms with van der Waals surface area (Å²) in [5, 5.41) is 5.82. The lowest BCUT2D eigenvalue weighted by molar-refractivity contribution is -0.123. The van der Waals surface area contributed by atoms with Gasteiger partial charge in [-0.1, -0.05) is 38.0 Å². The zero-order chi connectivity index (χ0) is 15.2. The monoisotopic (exact) mass is 288 g/mol. The third-order valence-corrected chi connectivity index (χ3v) is 4.22. The summed E-state index contributed by atoms with van der Waals surface area (Å²) in [4.78, 5) is 24.2. The van der Waals surface area contributed by atoms with Gasteiger partial charge in [0, 0.05) is 11.6 Å². The van der Waals surface area contributed by atoms with Crippen molar-refractivity contribution < 1.29 is 9.59 Å². The molecule has 4 nitrogen and oxygen atoms in total. The molecule has 0 radical (unpaired) electrons. The Morgan fingerprint density at radius 1 is 1.14 bits per heavy atom. The van der Waals surface area contributed by atoms with E-state index in [2.05, 4.69) is 17.6 Å². The fourth-order valence-electron chi connectivity index (χ4n) is 2.77. The van der Waals surface area contributed by atoms with Gasteiger partial charge in [-0.25, -0.2) is 0 Å². The zero-order valence-corrected chi connectivity index (χ0v) is 12.8. The molecule has 0 aliphatic heterocycles. The van der Waals surface area contributed by atoms with Gasteiger partial charge in [0.25, 0.3) is 5.91 Å². The van der Waals surface area contributed by atoms with Gasteiger partial charge in [0.2, 0.25) is 5.91 Å². The van der Waals surface area contributed by atoms with E-state index in [1.54, 1.807) is 19.1 Å². The quantitative estimate of drug-likeness (QED) is 0.894. The van der Waals surface area contributed by atoms with Gasteiger partial charge in [-0.15, -0.1) is 0 Å². The summed E-state index contributed by atoms with van der Waals surface area (Å²) in [5.41, 5.74) is 0.572. The lowest BCUT2D eigenvalue weighted by Crippen LogP contribution is -2.50. The molecule has 0 aromatic heterocycles. The van der Waals surface area contributed by atoms with Gasteiger partial charge in [0.1, 0.15) is 6.04 Å². The highest BCUT2D eigenvalue weighted by atomic mass is 16.2. The molecule has 114 valence electrons. The summed E-state index contributed by atoms with van der Waals surface area (Å²) >= 11 is 0. The van der Waals surface area contributed by atoms with Gasteiger partial charge < -0.3 is 10.6 Å². The Morgan fingerprint density at radius 2 is 1.81 bits per heavy atom. The number of benzene rings is 1. The smallest absolute Gasteiger partial charge is 0.251 e. The van der Waals surface area contributed by atoms with E-state index in [1.165, 1.54) is 12.8 Å². The Bertz CT molecular complexity index is 487. The summed E-state index contributed by atoms with van der Waals surface area (Å²) in [6.07, 6.45) is 4.61. The van der Waals surface area contributed by atoms with Crippen LogP contribution in [0, 0.1) is 5.92 Å². The van der Waals surface area contributed by atoms with Crippen molar-refractivity contribution in [2.24, 2.45) is 5.92 Å². The van der Waals surface area contributed by atoms with Crippen molar-refractivity contribution in [2.75, 3.05) is 0 Å². The third-order valence-electron chi connectivity index (χ3n) is 4.22. The van der Waals surface area contributed by atoms with Gasteiger partial charge in [-0.05, 0) is 37.8 Å². The zero-order valence-electron chi connectivity index (χ0n) is 12.8. The SMILES string of the molecule is C[C@H](NC(=O)c1ccccc1)C(=O)N[C@H]1CCCC[C@@H]1C. The van der Waals surface area contributed by atoms with E-state index in [0.29, 0.717) is 11.5 Å². The van der Waals surface area contributed by atoms with Crippen LogP contribution in [0.25, 0.3) is 0 Å². The van der Waals surface area contributed by atoms with Crippen LogP contribution in [0.3, 0.4) is 0 Å². The Balaban J connectivity index is 1.86. The highest BCUT2D eigenvalue weighted by Gasteiger charge is 2.25. The molecule has 4 heteroatoms. The third kappa shape index (κ3) is 4.31. The second kappa shape index (κ2) is 7.25. The Hall–Kier alpha value is -1.84. The van der Waals surface area contributed by atoms with Gasteiger partial charge in [0.05, 0.1) is 0 Å². The van der Waals surface area contributed by atoms with E-state index in [4.69, 9.17) is 0 Å². The fraction of sp³-hybridized carbons (Fsp3) is 0.529. The molecule has 1 aliphatic rings. The van der Waals surface area contributed by atoms with Gasteiger partial charge in [-0.3, -0.25) is 9.59 Å². The number of hydrogen-bond acceptors (Lipinski definition) is 2. The van der Waals surface area contributed by atoms with E-state index >= 15 is 0 Å². The number of hydrogen-bond donors (Lipinski definition) is 2. The lowest BCUT2D eigenvalue weighted by Gasteiger charge is -2.30. The largest absolute Gasteiger partial charge is 0.351 e. The molecule has 1 aromatic rings. The standard InChI is InChI=1S/C17H24N2O2/c1-12-8-6-7-11-15(12)19-16(20)13(2)18-17(21)14-9-4-3-5-10-14/h3-5,9-10,12-13,15H,6-8,11H2,1-2H3,(H,18,21)(H,19,20)/t12-,13-,15-/m0/s1. The van der Waals surface area contributed by atoms with E-state index in [-0.39, 0.29) is 17.9 Å². The molecule has 0 saturated heterocycles. The molecule has 2 amide bonds. The summed E-state index contributed by atoms with van der Waals surface area (Å²) in [6, 6.07) is 8.67. The van der Waals surface area contributed by atoms with Gasteiger partial charge in [-0.2, -0.15) is 0 Å². The van der Waals surface area contributed by atoms with Crippen molar-refractivity contribution in [1.82, 2.24) is 10.6 Å². The first-order chi connectivity index (χ1) is 10.1. The molecule has 0 spiro atoms. The number of nitrogens with one attached hydrogen (secondary N) is 2. The summed E-state index contributed by atoms with van der Waals surface area (Å²) < 4.78 is 0. The second-order valence-corrected chi connectivity index (χ2v) is 5.94. The Labute approximate surface area is 126 Å². The molecule has 1 fully saturated rings. The highest BCUT2D eigenvalue weighted by molar-refractivity contribution is 5.97. The van der Waals surface area contributed by atoms with Crippen LogP contribution in [-0.2, 0) is 4.79 Å². The molecular formula is C17H24N2O2. The van der Waals surface area contributed by atoms with Crippen molar-refractivity contribution in [3.63, 3.8) is 0 Å². The minimum absolute atomic E-state index is 0.0990. The molecule has 2 N–H and O–H groups in total. The predicted molar refractivity (Wildman–Crippen MR) is 82.9 cm³/mol. The summed E-state index contributed by atoms with van der Waals surface area (Å²) in [7, 11) is 0. The maximum absolute atomic E-state index is 12.2. The molecular weight excluding hydrogens is 264 g/mol. The van der Waals surface area contributed by atoms with Crippen LogP contribution in [0.5, 0.6) is 0 Å². The van der Waals surface area contributed by atoms with E-state index in [0.717, 1.165) is 12.8 Å². The predicted octanol–water partition coefficient (Wildman–Crippen LogP) is 2.50. The van der Waals surface area contributed by atoms with Crippen LogP contribution < -0.4 is 10.6 Å².